The smallest absolute Gasteiger partial charge is 0.236 e. The minimum atomic E-state index is 0.153. The summed E-state index contributed by atoms with van der Waals surface area (Å²) in [5.41, 5.74) is 5.43. The summed E-state index contributed by atoms with van der Waals surface area (Å²) in [5, 5.41) is 0. The minimum Gasteiger partial charge on any atom is -0.377 e. The van der Waals surface area contributed by atoms with E-state index in [1.165, 1.54) is 0 Å². The van der Waals surface area contributed by atoms with Gasteiger partial charge in [-0.3, -0.25) is 9.69 Å². The van der Waals surface area contributed by atoms with Crippen LogP contribution in [0.5, 0.6) is 0 Å². The quantitative estimate of drug-likeness (QED) is 0.708. The fraction of sp³-hybridized carbons (Fsp3) is 0.917. The van der Waals surface area contributed by atoms with Crippen molar-refractivity contribution in [2.75, 3.05) is 40.3 Å². The molecule has 17 heavy (non-hydrogen) atoms. The second kappa shape index (κ2) is 6.93. The van der Waals surface area contributed by atoms with Crippen molar-refractivity contribution in [1.82, 2.24) is 9.80 Å². The molecular weight excluding hydrogens is 218 g/mol. The van der Waals surface area contributed by atoms with E-state index in [4.69, 9.17) is 10.5 Å². The second-order valence-corrected chi connectivity index (χ2v) is 4.80. The van der Waals surface area contributed by atoms with E-state index in [-0.39, 0.29) is 12.0 Å². The molecule has 1 aliphatic heterocycles. The molecule has 100 valence electrons. The molecule has 0 radical (unpaired) electrons. The Balaban J connectivity index is 2.34. The number of likely N-dealkylation sites (N-methyl/N-ethyl adjacent to an activating group) is 2. The number of hydrogen-bond acceptors (Lipinski definition) is 4. The van der Waals surface area contributed by atoms with Crippen LogP contribution in [0.25, 0.3) is 0 Å². The minimum absolute atomic E-state index is 0.153. The van der Waals surface area contributed by atoms with Crippen molar-refractivity contribution in [3.63, 3.8) is 0 Å². The van der Waals surface area contributed by atoms with Gasteiger partial charge in [-0.15, -0.1) is 0 Å². The van der Waals surface area contributed by atoms with E-state index in [0.717, 1.165) is 26.0 Å². The molecule has 1 aliphatic rings. The maximum absolute atomic E-state index is 11.9. The van der Waals surface area contributed by atoms with Crippen molar-refractivity contribution >= 4 is 5.91 Å². The number of carbonyl (C=O) groups is 1. The third-order valence-electron chi connectivity index (χ3n) is 3.41. The van der Waals surface area contributed by atoms with Gasteiger partial charge < -0.3 is 15.4 Å². The Labute approximate surface area is 104 Å². The summed E-state index contributed by atoms with van der Waals surface area (Å²) in [6, 6.07) is 0.363. The van der Waals surface area contributed by atoms with Crippen LogP contribution in [-0.4, -0.2) is 68.2 Å². The van der Waals surface area contributed by atoms with E-state index in [1.807, 2.05) is 14.1 Å². The highest BCUT2D eigenvalue weighted by Gasteiger charge is 2.29. The highest BCUT2D eigenvalue weighted by molar-refractivity contribution is 5.77. The summed E-state index contributed by atoms with van der Waals surface area (Å²) in [6.07, 6.45) is 2.09. The predicted molar refractivity (Wildman–Crippen MR) is 67.8 cm³/mol. The first kappa shape index (κ1) is 14.4. The van der Waals surface area contributed by atoms with Crippen LogP contribution >= 0.6 is 0 Å². The lowest BCUT2D eigenvalue weighted by atomic mass is 10.1. The number of rotatable bonds is 6. The van der Waals surface area contributed by atoms with Crippen LogP contribution in [0, 0.1) is 0 Å². The zero-order valence-corrected chi connectivity index (χ0v) is 11.2. The average molecular weight is 243 g/mol. The van der Waals surface area contributed by atoms with Crippen molar-refractivity contribution in [3.8, 4) is 0 Å². The zero-order valence-electron chi connectivity index (χ0n) is 11.2. The Bertz CT molecular complexity index is 248. The van der Waals surface area contributed by atoms with E-state index in [9.17, 15) is 4.79 Å². The third-order valence-corrected chi connectivity index (χ3v) is 3.41. The van der Waals surface area contributed by atoms with Crippen molar-refractivity contribution in [2.45, 2.75) is 31.9 Å². The molecule has 1 fully saturated rings. The molecule has 0 bridgehead atoms. The van der Waals surface area contributed by atoms with Crippen molar-refractivity contribution < 1.29 is 9.53 Å². The van der Waals surface area contributed by atoms with Crippen molar-refractivity contribution in [2.24, 2.45) is 5.73 Å². The molecule has 5 heteroatoms. The molecule has 0 aromatic heterocycles. The van der Waals surface area contributed by atoms with Crippen LogP contribution in [0.4, 0.5) is 0 Å². The summed E-state index contributed by atoms with van der Waals surface area (Å²) < 4.78 is 5.51. The predicted octanol–water partition coefficient (Wildman–Crippen LogP) is -0.0972. The second-order valence-electron chi connectivity index (χ2n) is 4.80. The molecule has 0 aliphatic carbocycles. The lowest BCUT2D eigenvalue weighted by molar-refractivity contribution is -0.131. The molecule has 1 rings (SSSR count). The summed E-state index contributed by atoms with van der Waals surface area (Å²) in [6.45, 7) is 4.68. The lowest BCUT2D eigenvalue weighted by Gasteiger charge is -2.28. The summed E-state index contributed by atoms with van der Waals surface area (Å²) in [5.74, 6) is 0.153. The summed E-state index contributed by atoms with van der Waals surface area (Å²) >= 11 is 0. The molecule has 0 spiro atoms. The van der Waals surface area contributed by atoms with Gasteiger partial charge in [-0.25, -0.2) is 0 Å². The van der Waals surface area contributed by atoms with E-state index < -0.39 is 0 Å². The van der Waals surface area contributed by atoms with E-state index in [0.29, 0.717) is 19.1 Å². The third kappa shape index (κ3) is 4.26. The topological polar surface area (TPSA) is 58.8 Å². The van der Waals surface area contributed by atoms with E-state index in [2.05, 4.69) is 11.8 Å². The Kier molecular flexibility index (Phi) is 5.88. The van der Waals surface area contributed by atoms with Crippen LogP contribution in [-0.2, 0) is 9.53 Å². The largest absolute Gasteiger partial charge is 0.377 e. The first-order valence-electron chi connectivity index (χ1n) is 6.32. The zero-order chi connectivity index (χ0) is 12.8. The Hall–Kier alpha value is -0.650. The molecular formula is C12H25N3O2. The Morgan fingerprint density at radius 3 is 2.71 bits per heavy atom. The number of carbonyl (C=O) groups excluding carboxylic acids is 1. The van der Waals surface area contributed by atoms with Gasteiger partial charge in [-0.1, -0.05) is 0 Å². The molecule has 5 nitrogen and oxygen atoms in total. The molecule has 1 saturated heterocycles. The van der Waals surface area contributed by atoms with Crippen LogP contribution < -0.4 is 5.73 Å². The standard InChI is InChI=1S/C12H25N3O2/c1-10-11(5-8-17-10)15(3)9-12(16)14(2)7-4-6-13/h10-11H,4-9,13H2,1-3H3. The Morgan fingerprint density at radius 2 is 2.18 bits per heavy atom. The number of hydrogen-bond donors (Lipinski definition) is 1. The molecule has 0 aromatic carbocycles. The molecule has 0 saturated carbocycles. The van der Waals surface area contributed by atoms with Gasteiger partial charge >= 0.3 is 0 Å². The van der Waals surface area contributed by atoms with Crippen molar-refractivity contribution in [1.29, 1.82) is 0 Å². The maximum atomic E-state index is 11.9. The molecule has 2 unspecified atom stereocenters. The van der Waals surface area contributed by atoms with E-state index >= 15 is 0 Å². The SMILES string of the molecule is CC1OCCC1N(C)CC(=O)N(C)CCCN. The molecule has 1 amide bonds. The van der Waals surface area contributed by atoms with Gasteiger partial charge in [-0.2, -0.15) is 0 Å². The van der Waals surface area contributed by atoms with Gasteiger partial charge in [0.05, 0.1) is 12.6 Å². The highest BCUT2D eigenvalue weighted by atomic mass is 16.5. The van der Waals surface area contributed by atoms with Gasteiger partial charge in [0.25, 0.3) is 0 Å². The van der Waals surface area contributed by atoms with Gasteiger partial charge in [-0.05, 0) is 33.4 Å². The highest BCUT2D eigenvalue weighted by Crippen LogP contribution is 2.17. The number of amides is 1. The fourth-order valence-corrected chi connectivity index (χ4v) is 2.20. The molecule has 2 atom stereocenters. The first-order chi connectivity index (χ1) is 8.06. The first-order valence-corrected chi connectivity index (χ1v) is 6.32. The molecule has 1 heterocycles. The molecule has 2 N–H and O–H groups in total. The van der Waals surface area contributed by atoms with Gasteiger partial charge in [0.15, 0.2) is 0 Å². The lowest BCUT2D eigenvalue weighted by Crippen LogP contribution is -2.44. The van der Waals surface area contributed by atoms with Crippen LogP contribution in [0.2, 0.25) is 0 Å². The summed E-state index contributed by atoms with van der Waals surface area (Å²) in [4.78, 5) is 15.8. The fourth-order valence-electron chi connectivity index (χ4n) is 2.20. The van der Waals surface area contributed by atoms with Crippen LogP contribution in [0.3, 0.4) is 0 Å². The van der Waals surface area contributed by atoms with Crippen molar-refractivity contribution in [3.05, 3.63) is 0 Å². The van der Waals surface area contributed by atoms with Gasteiger partial charge in [0, 0.05) is 26.2 Å². The monoisotopic (exact) mass is 243 g/mol. The molecule has 0 aromatic rings. The van der Waals surface area contributed by atoms with E-state index in [1.54, 1.807) is 4.90 Å². The number of nitrogens with two attached hydrogens (primary N) is 1. The summed E-state index contributed by atoms with van der Waals surface area (Å²) in [7, 11) is 3.82. The van der Waals surface area contributed by atoms with Crippen LogP contribution in [0.15, 0.2) is 0 Å². The van der Waals surface area contributed by atoms with Crippen LogP contribution in [0.1, 0.15) is 19.8 Å². The Morgan fingerprint density at radius 1 is 1.47 bits per heavy atom. The van der Waals surface area contributed by atoms with Gasteiger partial charge in [0.1, 0.15) is 0 Å². The maximum Gasteiger partial charge on any atom is 0.236 e. The average Bonchev–Trinajstić information content (AvgIpc) is 2.72. The normalized spacial score (nSPS) is 24.3. The van der Waals surface area contributed by atoms with Gasteiger partial charge in [0.2, 0.25) is 5.91 Å². The number of nitrogens with zero attached hydrogens (tertiary/aromatic N) is 2. The number of ether oxygens (including phenoxy) is 1.